The SMILES string of the molecule is CC1=CC(C)(C=NC(C)(C)C)c2ccccc21. The van der Waals surface area contributed by atoms with Gasteiger partial charge in [-0.3, -0.25) is 4.99 Å². The first-order valence-electron chi connectivity index (χ1n) is 6.18. The number of aliphatic imine (C=N–C) groups is 1. The van der Waals surface area contributed by atoms with Crippen LogP contribution in [0.3, 0.4) is 0 Å². The van der Waals surface area contributed by atoms with Gasteiger partial charge in [0.15, 0.2) is 0 Å². The molecule has 17 heavy (non-hydrogen) atoms. The number of fused-ring (bicyclic) bond motifs is 1. The van der Waals surface area contributed by atoms with Crippen molar-refractivity contribution in [3.05, 3.63) is 41.5 Å². The fourth-order valence-corrected chi connectivity index (χ4v) is 2.34. The molecule has 1 unspecified atom stereocenters. The van der Waals surface area contributed by atoms with Crippen molar-refractivity contribution in [2.24, 2.45) is 4.99 Å². The predicted octanol–water partition coefficient (Wildman–Crippen LogP) is 4.23. The summed E-state index contributed by atoms with van der Waals surface area (Å²) in [4.78, 5) is 4.67. The van der Waals surface area contributed by atoms with Gasteiger partial charge in [-0.15, -0.1) is 0 Å². The normalized spacial score (nSPS) is 23.9. The van der Waals surface area contributed by atoms with Crippen LogP contribution in [-0.4, -0.2) is 11.8 Å². The molecule has 0 N–H and O–H groups in total. The number of hydrogen-bond donors (Lipinski definition) is 0. The van der Waals surface area contributed by atoms with Crippen molar-refractivity contribution in [1.82, 2.24) is 0 Å². The summed E-state index contributed by atoms with van der Waals surface area (Å²) < 4.78 is 0. The van der Waals surface area contributed by atoms with E-state index in [1.165, 1.54) is 16.7 Å². The van der Waals surface area contributed by atoms with Gasteiger partial charge < -0.3 is 0 Å². The molecule has 0 bridgehead atoms. The molecule has 2 rings (SSSR count). The summed E-state index contributed by atoms with van der Waals surface area (Å²) in [5.41, 5.74) is 4.01. The molecule has 0 saturated carbocycles. The third-order valence-corrected chi connectivity index (χ3v) is 3.17. The Labute approximate surface area is 104 Å². The Hall–Kier alpha value is -1.37. The van der Waals surface area contributed by atoms with Crippen LogP contribution in [0.5, 0.6) is 0 Å². The summed E-state index contributed by atoms with van der Waals surface area (Å²) in [6.07, 6.45) is 4.41. The van der Waals surface area contributed by atoms with E-state index < -0.39 is 0 Å². The maximum absolute atomic E-state index is 4.67. The molecule has 0 heterocycles. The van der Waals surface area contributed by atoms with Gasteiger partial charge in [0.1, 0.15) is 0 Å². The number of hydrogen-bond acceptors (Lipinski definition) is 1. The zero-order valence-corrected chi connectivity index (χ0v) is 11.4. The van der Waals surface area contributed by atoms with Gasteiger partial charge in [0.05, 0.1) is 5.54 Å². The predicted molar refractivity (Wildman–Crippen MR) is 75.7 cm³/mol. The first-order valence-corrected chi connectivity index (χ1v) is 6.18. The van der Waals surface area contributed by atoms with Gasteiger partial charge in [-0.1, -0.05) is 30.3 Å². The average Bonchev–Trinajstić information content (AvgIpc) is 2.50. The first-order chi connectivity index (χ1) is 7.82. The van der Waals surface area contributed by atoms with Crippen LogP contribution in [0.25, 0.3) is 5.57 Å². The van der Waals surface area contributed by atoms with Gasteiger partial charge in [-0.2, -0.15) is 0 Å². The minimum atomic E-state index is -0.0477. The van der Waals surface area contributed by atoms with Crippen LogP contribution in [0.4, 0.5) is 0 Å². The summed E-state index contributed by atoms with van der Waals surface area (Å²) in [5.74, 6) is 0. The number of allylic oxidation sites excluding steroid dienone is 2. The molecule has 0 radical (unpaired) electrons. The summed E-state index contributed by atoms with van der Waals surface area (Å²) in [7, 11) is 0. The highest BCUT2D eigenvalue weighted by molar-refractivity contribution is 5.88. The molecule has 0 aliphatic heterocycles. The van der Waals surface area contributed by atoms with E-state index in [0.29, 0.717) is 0 Å². The van der Waals surface area contributed by atoms with Crippen LogP contribution in [0, 0.1) is 0 Å². The zero-order chi connectivity index (χ0) is 12.7. The summed E-state index contributed by atoms with van der Waals surface area (Å²) in [5, 5.41) is 0. The molecule has 1 aromatic carbocycles. The van der Waals surface area contributed by atoms with E-state index in [9.17, 15) is 0 Å². The molecule has 1 nitrogen and oxygen atoms in total. The second kappa shape index (κ2) is 3.83. The number of nitrogens with zero attached hydrogens (tertiary/aromatic N) is 1. The number of rotatable bonds is 1. The highest BCUT2D eigenvalue weighted by Gasteiger charge is 2.31. The lowest BCUT2D eigenvalue weighted by atomic mass is 9.86. The van der Waals surface area contributed by atoms with Gasteiger partial charge >= 0.3 is 0 Å². The van der Waals surface area contributed by atoms with E-state index in [0.717, 1.165) is 0 Å². The highest BCUT2D eigenvalue weighted by atomic mass is 14.8. The Morgan fingerprint density at radius 2 is 1.82 bits per heavy atom. The van der Waals surface area contributed by atoms with E-state index in [1.54, 1.807) is 0 Å². The van der Waals surface area contributed by atoms with E-state index in [-0.39, 0.29) is 11.0 Å². The monoisotopic (exact) mass is 227 g/mol. The van der Waals surface area contributed by atoms with Crippen molar-refractivity contribution < 1.29 is 0 Å². The van der Waals surface area contributed by atoms with Crippen molar-refractivity contribution in [2.45, 2.75) is 45.6 Å². The van der Waals surface area contributed by atoms with Gasteiger partial charge in [-0.25, -0.2) is 0 Å². The van der Waals surface area contributed by atoms with E-state index in [2.05, 4.69) is 76.2 Å². The van der Waals surface area contributed by atoms with Gasteiger partial charge in [0.25, 0.3) is 0 Å². The Kier molecular flexibility index (Phi) is 2.73. The van der Waals surface area contributed by atoms with Crippen molar-refractivity contribution in [3.8, 4) is 0 Å². The highest BCUT2D eigenvalue weighted by Crippen LogP contribution is 2.39. The fraction of sp³-hybridized carbons (Fsp3) is 0.438. The summed E-state index contributed by atoms with van der Waals surface area (Å²) in [6.45, 7) is 10.8. The topological polar surface area (TPSA) is 12.4 Å². The van der Waals surface area contributed by atoms with Crippen molar-refractivity contribution in [2.75, 3.05) is 0 Å². The van der Waals surface area contributed by atoms with Crippen molar-refractivity contribution in [1.29, 1.82) is 0 Å². The Balaban J connectivity index is 2.45. The minimum Gasteiger partial charge on any atom is -0.291 e. The third-order valence-electron chi connectivity index (χ3n) is 3.17. The molecule has 1 aliphatic rings. The van der Waals surface area contributed by atoms with Crippen LogP contribution in [0.1, 0.15) is 45.7 Å². The quantitative estimate of drug-likeness (QED) is 0.637. The minimum absolute atomic E-state index is 0.0116. The van der Waals surface area contributed by atoms with Gasteiger partial charge in [0.2, 0.25) is 0 Å². The maximum atomic E-state index is 4.67. The summed E-state index contributed by atoms with van der Waals surface area (Å²) >= 11 is 0. The smallest absolute Gasteiger partial charge is 0.0520 e. The van der Waals surface area contributed by atoms with Crippen molar-refractivity contribution >= 4 is 11.8 Å². The lowest BCUT2D eigenvalue weighted by Crippen LogP contribution is -2.22. The van der Waals surface area contributed by atoms with Gasteiger partial charge in [-0.05, 0) is 51.3 Å². The lowest BCUT2D eigenvalue weighted by molar-refractivity contribution is 0.580. The van der Waals surface area contributed by atoms with Crippen LogP contribution >= 0.6 is 0 Å². The molecule has 0 saturated heterocycles. The Morgan fingerprint density at radius 1 is 1.18 bits per heavy atom. The van der Waals surface area contributed by atoms with Crippen LogP contribution in [0.15, 0.2) is 35.3 Å². The molecule has 1 atom stereocenters. The molecule has 0 fully saturated rings. The molecule has 90 valence electrons. The lowest BCUT2D eigenvalue weighted by Gasteiger charge is -2.21. The maximum Gasteiger partial charge on any atom is 0.0520 e. The van der Waals surface area contributed by atoms with Gasteiger partial charge in [0, 0.05) is 11.6 Å². The number of benzene rings is 1. The molecule has 0 spiro atoms. The van der Waals surface area contributed by atoms with E-state index in [1.807, 2.05) is 0 Å². The molecule has 1 aliphatic carbocycles. The standard InChI is InChI=1S/C16H21N/c1-12-10-16(5,11-17-15(2,3)4)14-9-7-6-8-13(12)14/h6-11H,1-5H3. The van der Waals surface area contributed by atoms with Crippen molar-refractivity contribution in [3.63, 3.8) is 0 Å². The second-order valence-electron chi connectivity index (χ2n) is 6.08. The van der Waals surface area contributed by atoms with E-state index in [4.69, 9.17) is 0 Å². The molecule has 1 heteroatoms. The Bertz CT molecular complexity index is 488. The Morgan fingerprint density at radius 3 is 2.47 bits per heavy atom. The fourth-order valence-electron chi connectivity index (χ4n) is 2.34. The molecule has 0 amide bonds. The molecule has 0 aromatic heterocycles. The van der Waals surface area contributed by atoms with Crippen LogP contribution in [-0.2, 0) is 5.41 Å². The van der Waals surface area contributed by atoms with E-state index >= 15 is 0 Å². The molecular weight excluding hydrogens is 206 g/mol. The zero-order valence-electron chi connectivity index (χ0n) is 11.4. The first kappa shape index (κ1) is 12.1. The largest absolute Gasteiger partial charge is 0.291 e. The molecule has 1 aromatic rings. The molecular formula is C16H21N. The van der Waals surface area contributed by atoms with Crippen LogP contribution < -0.4 is 0 Å². The third kappa shape index (κ3) is 2.33. The average molecular weight is 227 g/mol. The van der Waals surface area contributed by atoms with Crippen LogP contribution in [0.2, 0.25) is 0 Å². The second-order valence-corrected chi connectivity index (χ2v) is 6.08. The summed E-state index contributed by atoms with van der Waals surface area (Å²) in [6, 6.07) is 8.60.